The number of phenols is 1. The Morgan fingerprint density at radius 2 is 1.19 bits per heavy atom. The third kappa shape index (κ3) is 27.2. The standard InChI is InChI=1S/C59H92N18O17S2/c1-7-29(4)46(76-51(86)36(10-8-18-65-59(62)63)69-54(89)40(23-45(80)81)71-49(84)35(60)25-95)56(91)68-30(5)47(82)67-31(6)48(83)74-41(21-32-12-14-34(78)15-13-32)57(92)77-19-9-11-43(77)55(90)70-37(16-17-44(61)79)50(85)73-39(22-33-24-64-27-66-33)53(88)72-38(20-28(2)3)52(87)75-42(26-96)58(93)94/h12-15,24,27-31,35-43,46,78,95-96H,7-11,16-23,25-26,60H2,1-6H3,(H2,61,79)(H,64,66)(H,67,82)(H,68,91)(H,69,89)(H,70,90)(H,71,84)(H,72,88)(H,73,85)(H,74,83)(H,75,87)(H,76,86)(H,80,81)(H,93,94)(H4,62,63,65)/t29-,30-,31-,35-,36-,37-,38-,39-,40-,41-,42-,43-,46-/m0/s1. The van der Waals surface area contributed by atoms with E-state index in [0.29, 0.717) is 11.3 Å². The van der Waals surface area contributed by atoms with Crippen LogP contribution in [0.4, 0.5) is 0 Å². The molecule has 1 aliphatic rings. The average molecular weight is 1390 g/mol. The first-order chi connectivity index (χ1) is 45.2. The predicted molar refractivity (Wildman–Crippen MR) is 352 cm³/mol. The lowest BCUT2D eigenvalue weighted by Crippen LogP contribution is -2.61. The van der Waals surface area contributed by atoms with Crippen molar-refractivity contribution in [1.29, 1.82) is 0 Å². The second kappa shape index (κ2) is 40.2. The Bertz CT molecular complexity index is 3070. The number of hydrogen-bond acceptors (Lipinski definition) is 20. The summed E-state index contributed by atoms with van der Waals surface area (Å²) in [7, 11) is 0. The number of aromatic nitrogens is 2. The fourth-order valence-corrected chi connectivity index (χ4v) is 10.2. The number of hydrogen-bond donors (Lipinski definition) is 20. The molecule has 35 nitrogen and oxygen atoms in total. The van der Waals surface area contributed by atoms with Crippen LogP contribution in [0.1, 0.15) is 111 Å². The lowest BCUT2D eigenvalue weighted by molar-refractivity contribution is -0.142. The molecule has 0 aliphatic carbocycles. The van der Waals surface area contributed by atoms with E-state index in [1.54, 1.807) is 27.7 Å². The number of H-pyrrole nitrogens is 1. The number of likely N-dealkylation sites (tertiary alicyclic amines) is 1. The number of rotatable bonds is 41. The van der Waals surface area contributed by atoms with E-state index in [0.717, 1.165) is 0 Å². The van der Waals surface area contributed by atoms with Gasteiger partial charge in [0.1, 0.15) is 72.2 Å². The van der Waals surface area contributed by atoms with Gasteiger partial charge in [-0.2, -0.15) is 25.3 Å². The minimum absolute atomic E-state index is 0.0145. The lowest BCUT2D eigenvalue weighted by Gasteiger charge is -2.31. The number of aliphatic imine (C=N–C) groups is 1. The Morgan fingerprint density at radius 1 is 0.646 bits per heavy atom. The Hall–Kier alpha value is -9.26. The molecule has 1 aromatic heterocycles. The molecule has 12 amide bonds. The van der Waals surface area contributed by atoms with E-state index in [2.05, 4.69) is 93.4 Å². The van der Waals surface area contributed by atoms with Crippen LogP contribution in [0.3, 0.4) is 0 Å². The van der Waals surface area contributed by atoms with Gasteiger partial charge in [0.05, 0.1) is 18.8 Å². The zero-order valence-electron chi connectivity index (χ0n) is 54.3. The van der Waals surface area contributed by atoms with Gasteiger partial charge in [0.25, 0.3) is 0 Å². The predicted octanol–water partition coefficient (Wildman–Crippen LogP) is -5.06. The van der Waals surface area contributed by atoms with Crippen molar-refractivity contribution in [3.63, 3.8) is 0 Å². The number of nitrogens with zero attached hydrogens (tertiary/aromatic N) is 3. The molecule has 1 aromatic carbocycles. The van der Waals surface area contributed by atoms with Gasteiger partial charge in [-0.3, -0.25) is 67.3 Å². The number of carboxylic acids is 2. The highest BCUT2D eigenvalue weighted by atomic mass is 32.1. The molecular weight excluding hydrogens is 1300 g/mol. The zero-order chi connectivity index (χ0) is 72.1. The lowest BCUT2D eigenvalue weighted by atomic mass is 9.97. The summed E-state index contributed by atoms with van der Waals surface area (Å²) in [6, 6.07) is -11.5. The molecule has 0 saturated carbocycles. The van der Waals surface area contributed by atoms with E-state index in [4.69, 9.17) is 22.9 Å². The van der Waals surface area contributed by atoms with Gasteiger partial charge in [-0.1, -0.05) is 46.2 Å². The number of nitrogens with two attached hydrogens (primary N) is 4. The molecule has 0 spiro atoms. The van der Waals surface area contributed by atoms with Gasteiger partial charge >= 0.3 is 11.9 Å². The molecule has 22 N–H and O–H groups in total. The van der Waals surface area contributed by atoms with Gasteiger partial charge in [0, 0.05) is 55.7 Å². The molecule has 1 saturated heterocycles. The van der Waals surface area contributed by atoms with Gasteiger partial charge in [-0.25, -0.2) is 9.78 Å². The van der Waals surface area contributed by atoms with Gasteiger partial charge in [-0.05, 0) is 81.9 Å². The molecule has 2 aromatic rings. The molecule has 0 unspecified atom stereocenters. The van der Waals surface area contributed by atoms with Gasteiger partial charge in [0.2, 0.25) is 70.9 Å². The van der Waals surface area contributed by atoms with Crippen LogP contribution in [0.15, 0.2) is 41.8 Å². The number of carbonyl (C=O) groups excluding carboxylic acids is 12. The molecule has 3 rings (SSSR count). The molecule has 1 fully saturated rings. The number of nitrogens with one attached hydrogen (secondary N) is 11. The number of benzene rings is 1. The number of thiol groups is 2. The quantitative estimate of drug-likeness (QED) is 0.0128. The van der Waals surface area contributed by atoms with Crippen LogP contribution in [0, 0.1) is 11.8 Å². The Labute approximate surface area is 565 Å². The number of guanidine groups is 1. The highest BCUT2D eigenvalue weighted by molar-refractivity contribution is 7.80. The third-order valence-electron chi connectivity index (χ3n) is 15.3. The smallest absolute Gasteiger partial charge is 0.327 e. The number of imidazole rings is 1. The van der Waals surface area contributed by atoms with Crippen molar-refractivity contribution in [3.05, 3.63) is 48.0 Å². The van der Waals surface area contributed by atoms with E-state index in [-0.39, 0.29) is 93.6 Å². The van der Waals surface area contributed by atoms with Crippen molar-refractivity contribution in [2.45, 2.75) is 185 Å². The van der Waals surface area contributed by atoms with Crippen molar-refractivity contribution in [2.24, 2.45) is 39.8 Å². The fraction of sp³-hybridized carbons (Fsp3) is 0.593. The van der Waals surface area contributed by atoms with E-state index >= 15 is 0 Å². The van der Waals surface area contributed by atoms with E-state index in [1.165, 1.54) is 55.5 Å². The zero-order valence-corrected chi connectivity index (χ0v) is 56.0. The molecule has 0 radical (unpaired) electrons. The minimum atomic E-state index is -1.70. The monoisotopic (exact) mass is 1390 g/mol. The van der Waals surface area contributed by atoms with E-state index in [9.17, 15) is 82.4 Å². The summed E-state index contributed by atoms with van der Waals surface area (Å²) in [5, 5.41) is 54.1. The highest BCUT2D eigenvalue weighted by Crippen LogP contribution is 2.22. The summed E-state index contributed by atoms with van der Waals surface area (Å²) in [6.07, 6.45) is 1.01. The summed E-state index contributed by atoms with van der Waals surface area (Å²) in [4.78, 5) is 201. The molecule has 1 aliphatic heterocycles. The SMILES string of the molecule is CC[C@H](C)[C@H](NC(=O)[C@H](CCCN=C(N)N)NC(=O)[C@H](CC(=O)O)NC(=O)[C@@H](N)CS)C(=O)N[C@@H](C)C(=O)N[C@@H](C)C(=O)N[C@@H](Cc1ccc(O)cc1)C(=O)N1CCC[C@H]1C(=O)N[C@@H](CCC(N)=O)C(=O)N[C@@H](Cc1cnc[nH]1)C(=O)N[C@@H](CC(C)C)C(=O)N[C@@H](CS)C(=O)O. The molecule has 13 atom stereocenters. The Kier molecular flexibility index (Phi) is 33.9. The summed E-state index contributed by atoms with van der Waals surface area (Å²) in [5.41, 5.74) is 22.9. The van der Waals surface area contributed by atoms with Crippen molar-refractivity contribution in [2.75, 3.05) is 24.6 Å². The van der Waals surface area contributed by atoms with Crippen LogP contribution in [-0.4, -0.2) is 216 Å². The molecule has 532 valence electrons. The van der Waals surface area contributed by atoms with Crippen LogP contribution >= 0.6 is 25.3 Å². The maximum Gasteiger partial charge on any atom is 0.327 e. The van der Waals surface area contributed by atoms with Crippen LogP contribution in [0.5, 0.6) is 5.75 Å². The Balaban J connectivity index is 1.86. The second-order valence-corrected chi connectivity index (χ2v) is 24.3. The fourth-order valence-electron chi connectivity index (χ4n) is 9.74. The number of phenolic OH excluding ortho intramolecular Hbond substituents is 1. The maximum absolute atomic E-state index is 14.8. The van der Waals surface area contributed by atoms with Gasteiger partial charge in [0.15, 0.2) is 5.96 Å². The van der Waals surface area contributed by atoms with Crippen LogP contribution in [0.2, 0.25) is 0 Å². The summed E-state index contributed by atoms with van der Waals surface area (Å²) in [6.45, 7) is 9.35. The number of aliphatic carboxylic acids is 2. The van der Waals surface area contributed by atoms with Crippen molar-refractivity contribution in [3.8, 4) is 5.75 Å². The number of primary amides is 1. The topological polar surface area (TPSA) is 568 Å². The summed E-state index contributed by atoms with van der Waals surface area (Å²) < 4.78 is 0. The number of amides is 12. The minimum Gasteiger partial charge on any atom is -0.508 e. The molecule has 0 bridgehead atoms. The summed E-state index contributed by atoms with van der Waals surface area (Å²) in [5.74, 6) is -15.3. The van der Waals surface area contributed by atoms with E-state index < -0.39 is 181 Å². The van der Waals surface area contributed by atoms with Gasteiger partial charge in [-0.15, -0.1) is 0 Å². The molecule has 96 heavy (non-hydrogen) atoms. The first-order valence-electron chi connectivity index (χ1n) is 31.0. The molecule has 37 heteroatoms. The number of aromatic hydroxyl groups is 1. The van der Waals surface area contributed by atoms with Crippen LogP contribution < -0.4 is 76.1 Å². The number of carboxylic acid groups (broad SMARTS) is 2. The number of carbonyl (C=O) groups is 14. The first kappa shape index (κ1) is 81.0. The molecular formula is C59H92N18O17S2. The van der Waals surface area contributed by atoms with Crippen LogP contribution in [-0.2, 0) is 80.0 Å². The number of aromatic amines is 1. The van der Waals surface area contributed by atoms with Crippen molar-refractivity contribution >= 4 is 114 Å². The Morgan fingerprint density at radius 3 is 1.75 bits per heavy atom. The van der Waals surface area contributed by atoms with Crippen molar-refractivity contribution in [1.82, 2.24) is 68.0 Å². The first-order valence-corrected chi connectivity index (χ1v) is 32.3. The average Bonchev–Trinajstić information content (AvgIpc) is 1.59. The third-order valence-corrected chi connectivity index (χ3v) is 16.1. The van der Waals surface area contributed by atoms with Crippen molar-refractivity contribution < 1.29 is 82.4 Å². The largest absolute Gasteiger partial charge is 0.508 e. The van der Waals surface area contributed by atoms with Gasteiger partial charge < -0.3 is 101 Å². The van der Waals surface area contributed by atoms with E-state index in [1.807, 2.05) is 0 Å². The summed E-state index contributed by atoms with van der Waals surface area (Å²) >= 11 is 7.95. The second-order valence-electron chi connectivity index (χ2n) is 23.6. The van der Waals surface area contributed by atoms with Crippen LogP contribution in [0.25, 0.3) is 0 Å². The molecule has 2 heterocycles. The highest BCUT2D eigenvalue weighted by Gasteiger charge is 2.41. The maximum atomic E-state index is 14.8. The normalized spacial score (nSPS) is 16.4.